The topological polar surface area (TPSA) is 113 Å². The van der Waals surface area contributed by atoms with Gasteiger partial charge in [0.05, 0.1) is 0 Å². The largest absolute Gasteiger partial charge is 0.480 e. The maximum absolute atomic E-state index is 12.3. The van der Waals surface area contributed by atoms with Crippen molar-refractivity contribution >= 4 is 17.9 Å². The van der Waals surface area contributed by atoms with E-state index in [1.165, 1.54) is 4.90 Å². The van der Waals surface area contributed by atoms with Gasteiger partial charge < -0.3 is 21.1 Å². The quantitative estimate of drug-likeness (QED) is 0.666. The number of nitrogens with zero attached hydrogens (tertiary/aromatic N) is 1. The van der Waals surface area contributed by atoms with Gasteiger partial charge in [0.15, 0.2) is 0 Å². The van der Waals surface area contributed by atoms with E-state index in [0.717, 1.165) is 25.7 Å². The van der Waals surface area contributed by atoms with Crippen molar-refractivity contribution in [1.82, 2.24) is 10.2 Å². The van der Waals surface area contributed by atoms with Crippen LogP contribution < -0.4 is 11.1 Å². The van der Waals surface area contributed by atoms with Gasteiger partial charge in [-0.15, -0.1) is 0 Å². The van der Waals surface area contributed by atoms with Gasteiger partial charge in [-0.2, -0.15) is 0 Å². The molecule has 0 aromatic rings. The summed E-state index contributed by atoms with van der Waals surface area (Å²) >= 11 is 0. The molecule has 20 heavy (non-hydrogen) atoms. The minimum absolute atomic E-state index is 0.00428. The number of carboxylic acid groups (broad SMARTS) is 1. The summed E-state index contributed by atoms with van der Waals surface area (Å²) in [5.41, 5.74) is 4.34. The van der Waals surface area contributed by atoms with Gasteiger partial charge in [0.2, 0.25) is 5.91 Å². The Morgan fingerprint density at radius 1 is 1.30 bits per heavy atom. The number of hydrogen-bond acceptors (Lipinski definition) is 3. The average Bonchev–Trinajstić information content (AvgIpc) is 2.75. The fraction of sp³-hybridized carbons (Fsp3) is 0.769. The summed E-state index contributed by atoms with van der Waals surface area (Å²) in [5, 5.41) is 11.6. The number of hydrogen-bond donors (Lipinski definition) is 3. The smallest absolute Gasteiger partial charge is 0.323 e. The second-order valence-corrected chi connectivity index (χ2v) is 5.92. The summed E-state index contributed by atoms with van der Waals surface area (Å²) in [7, 11) is 0. The van der Waals surface area contributed by atoms with Gasteiger partial charge in [0.25, 0.3) is 0 Å². The Morgan fingerprint density at radius 2 is 1.85 bits per heavy atom. The number of aliphatic carboxylic acids is 1. The molecule has 1 aliphatic rings. The van der Waals surface area contributed by atoms with Crippen LogP contribution in [0.4, 0.5) is 4.79 Å². The molecule has 7 heteroatoms. The normalized spacial score (nSPS) is 15.9. The molecule has 0 saturated heterocycles. The highest BCUT2D eigenvalue weighted by atomic mass is 16.4. The first-order chi connectivity index (χ1) is 9.21. The van der Waals surface area contributed by atoms with Crippen LogP contribution in [0.1, 0.15) is 46.0 Å². The van der Waals surface area contributed by atoms with E-state index in [0.29, 0.717) is 0 Å². The zero-order valence-electron chi connectivity index (χ0n) is 12.0. The summed E-state index contributed by atoms with van der Waals surface area (Å²) in [5.74, 6) is -1.55. The third-order valence-electron chi connectivity index (χ3n) is 3.39. The van der Waals surface area contributed by atoms with E-state index < -0.39 is 23.4 Å². The molecule has 0 heterocycles. The van der Waals surface area contributed by atoms with Crippen LogP contribution in [0, 0.1) is 0 Å². The van der Waals surface area contributed by atoms with Gasteiger partial charge in [-0.3, -0.25) is 9.59 Å². The summed E-state index contributed by atoms with van der Waals surface area (Å²) in [6.07, 6.45) is 3.63. The second-order valence-electron chi connectivity index (χ2n) is 5.92. The molecular formula is C13H23N3O4. The molecule has 0 aromatic heterocycles. The van der Waals surface area contributed by atoms with Gasteiger partial charge in [0.1, 0.15) is 6.54 Å². The lowest BCUT2D eigenvalue weighted by Crippen LogP contribution is -2.54. The molecule has 0 unspecified atom stereocenters. The number of carbonyl (C=O) groups is 3. The predicted molar refractivity (Wildman–Crippen MR) is 73.0 cm³/mol. The van der Waals surface area contributed by atoms with Crippen molar-refractivity contribution in [3.63, 3.8) is 0 Å². The highest BCUT2D eigenvalue weighted by molar-refractivity contribution is 5.82. The summed E-state index contributed by atoms with van der Waals surface area (Å²) in [6.45, 7) is 3.04. The highest BCUT2D eigenvalue weighted by Gasteiger charge is 2.32. The Morgan fingerprint density at radius 3 is 2.30 bits per heavy atom. The van der Waals surface area contributed by atoms with Crippen molar-refractivity contribution in [2.45, 2.75) is 57.5 Å². The molecule has 0 radical (unpaired) electrons. The van der Waals surface area contributed by atoms with Gasteiger partial charge in [-0.25, -0.2) is 4.79 Å². The lowest BCUT2D eigenvalue weighted by Gasteiger charge is -2.32. The van der Waals surface area contributed by atoms with Crippen molar-refractivity contribution in [3.05, 3.63) is 0 Å². The number of primary amides is 1. The lowest BCUT2D eigenvalue weighted by atomic mass is 10.0. The van der Waals surface area contributed by atoms with Crippen molar-refractivity contribution in [1.29, 1.82) is 0 Å². The molecule has 0 spiro atoms. The van der Waals surface area contributed by atoms with Crippen LogP contribution in [-0.2, 0) is 9.59 Å². The van der Waals surface area contributed by atoms with E-state index in [9.17, 15) is 14.4 Å². The highest BCUT2D eigenvalue weighted by Crippen LogP contribution is 2.24. The number of nitrogens with one attached hydrogen (secondary N) is 1. The van der Waals surface area contributed by atoms with Gasteiger partial charge in [-0.1, -0.05) is 12.8 Å². The summed E-state index contributed by atoms with van der Waals surface area (Å²) in [4.78, 5) is 35.5. The van der Waals surface area contributed by atoms with Crippen molar-refractivity contribution in [2.75, 3.05) is 6.54 Å². The maximum atomic E-state index is 12.3. The van der Waals surface area contributed by atoms with E-state index in [4.69, 9.17) is 10.8 Å². The fourth-order valence-corrected chi connectivity index (χ4v) is 2.57. The van der Waals surface area contributed by atoms with Crippen molar-refractivity contribution < 1.29 is 19.5 Å². The molecule has 4 N–H and O–H groups in total. The molecule has 1 aliphatic carbocycles. The van der Waals surface area contributed by atoms with Crippen LogP contribution >= 0.6 is 0 Å². The number of carbonyl (C=O) groups excluding carboxylic acids is 2. The lowest BCUT2D eigenvalue weighted by molar-refractivity contribution is -0.138. The third-order valence-corrected chi connectivity index (χ3v) is 3.39. The number of nitrogens with two attached hydrogens (primary N) is 1. The summed E-state index contributed by atoms with van der Waals surface area (Å²) < 4.78 is 0. The van der Waals surface area contributed by atoms with Crippen molar-refractivity contribution in [3.8, 4) is 0 Å². The average molecular weight is 285 g/mol. The molecule has 7 nitrogen and oxygen atoms in total. The Hall–Kier alpha value is -1.79. The van der Waals surface area contributed by atoms with E-state index in [1.807, 2.05) is 0 Å². The first kappa shape index (κ1) is 16.3. The van der Waals surface area contributed by atoms with Crippen LogP contribution in [0.3, 0.4) is 0 Å². The van der Waals surface area contributed by atoms with E-state index in [-0.39, 0.29) is 19.0 Å². The first-order valence-corrected chi connectivity index (χ1v) is 6.80. The Kier molecular flexibility index (Phi) is 5.35. The van der Waals surface area contributed by atoms with Gasteiger partial charge in [0, 0.05) is 18.0 Å². The SMILES string of the molecule is CC(C)(CC(N)=O)NC(=O)N(CC(=O)O)C1CCCC1. The Bertz CT molecular complexity index is 389. The Balaban J connectivity index is 2.72. The van der Waals surface area contributed by atoms with Gasteiger partial charge >= 0.3 is 12.0 Å². The van der Waals surface area contributed by atoms with Crippen LogP contribution in [0.2, 0.25) is 0 Å². The summed E-state index contributed by atoms with van der Waals surface area (Å²) in [6, 6.07) is -0.499. The van der Waals surface area contributed by atoms with Crippen LogP contribution in [-0.4, -0.2) is 46.0 Å². The van der Waals surface area contributed by atoms with E-state index >= 15 is 0 Å². The second kappa shape index (κ2) is 6.58. The van der Waals surface area contributed by atoms with Gasteiger partial charge in [-0.05, 0) is 26.7 Å². The molecule has 0 bridgehead atoms. The maximum Gasteiger partial charge on any atom is 0.323 e. The van der Waals surface area contributed by atoms with Crippen LogP contribution in [0.25, 0.3) is 0 Å². The number of amides is 3. The molecular weight excluding hydrogens is 262 g/mol. The van der Waals surface area contributed by atoms with E-state index in [1.54, 1.807) is 13.8 Å². The predicted octanol–water partition coefficient (Wildman–Crippen LogP) is 0.679. The van der Waals surface area contributed by atoms with Crippen LogP contribution in [0.15, 0.2) is 0 Å². The molecule has 1 fully saturated rings. The monoisotopic (exact) mass is 285 g/mol. The molecule has 0 atom stereocenters. The molecule has 0 aliphatic heterocycles. The molecule has 114 valence electrons. The number of rotatable bonds is 6. The minimum atomic E-state index is -1.04. The van der Waals surface area contributed by atoms with Crippen LogP contribution in [0.5, 0.6) is 0 Å². The minimum Gasteiger partial charge on any atom is -0.480 e. The number of carboxylic acids is 1. The standard InChI is InChI=1S/C13H23N3O4/c1-13(2,7-10(14)17)15-12(20)16(8-11(18)19)9-5-3-4-6-9/h9H,3-8H2,1-2H3,(H2,14,17)(H,15,20)(H,18,19). The molecule has 1 rings (SSSR count). The van der Waals surface area contributed by atoms with E-state index in [2.05, 4.69) is 5.32 Å². The fourth-order valence-electron chi connectivity index (χ4n) is 2.57. The zero-order valence-corrected chi connectivity index (χ0v) is 12.0. The molecule has 1 saturated carbocycles. The zero-order chi connectivity index (χ0) is 15.3. The third kappa shape index (κ3) is 5.07. The first-order valence-electron chi connectivity index (χ1n) is 6.80. The van der Waals surface area contributed by atoms with Crippen molar-refractivity contribution in [2.24, 2.45) is 5.73 Å². The molecule has 0 aromatic carbocycles. The molecule has 3 amide bonds. The Labute approximate surface area is 118 Å². The number of urea groups is 1.